The fourth-order valence-corrected chi connectivity index (χ4v) is 10.2. The molecule has 0 aromatic heterocycles. The van der Waals surface area contributed by atoms with Crippen molar-refractivity contribution in [1.82, 2.24) is 20.0 Å². The molecule has 5 aliphatic heterocycles. The number of fused-ring (bicyclic) bond motifs is 2. The number of aliphatic imine (C=N–C) groups is 1. The Morgan fingerprint density at radius 2 is 1.68 bits per heavy atom. The molecule has 5 fully saturated rings. The van der Waals surface area contributed by atoms with E-state index in [2.05, 4.69) is 5.32 Å². The molecule has 3 amide bonds. The van der Waals surface area contributed by atoms with Crippen LogP contribution in [-0.2, 0) is 42.8 Å². The normalized spacial score (nSPS) is 43.9. The van der Waals surface area contributed by atoms with E-state index in [1.807, 2.05) is 60.4 Å². The fraction of sp³-hybridized carbons (Fsp3) is 0.909. The van der Waals surface area contributed by atoms with Crippen molar-refractivity contribution >= 4 is 23.7 Å². The van der Waals surface area contributed by atoms with Crippen LogP contribution in [0.25, 0.3) is 0 Å². The Bertz CT molecular complexity index is 1530. The van der Waals surface area contributed by atoms with E-state index >= 15 is 0 Å². The predicted molar refractivity (Wildman–Crippen MR) is 225 cm³/mol. The lowest BCUT2D eigenvalue weighted by molar-refractivity contribution is -0.313. The number of amidine groups is 1. The number of aliphatic hydroxyl groups excluding tert-OH is 1. The summed E-state index contributed by atoms with van der Waals surface area (Å²) in [5, 5.41) is 27.0. The molecule has 0 bridgehead atoms. The molecule has 0 spiro atoms. The Morgan fingerprint density at radius 1 is 1.00 bits per heavy atom. The number of rotatable bonds is 8. The number of carbonyl (C=O) groups excluding carboxylic acids is 3. The minimum atomic E-state index is -1.57. The third-order valence-electron chi connectivity index (χ3n) is 13.9. The number of carbonyl (C=O) groups is 3. The molecule has 3 N–H and O–H groups in total. The Labute approximate surface area is 358 Å². The van der Waals surface area contributed by atoms with Crippen molar-refractivity contribution in [1.29, 1.82) is 0 Å². The monoisotopic (exact) mass is 852 g/mol. The van der Waals surface area contributed by atoms with E-state index in [-0.39, 0.29) is 54.7 Å². The minimum absolute atomic E-state index is 0.0102. The van der Waals surface area contributed by atoms with Crippen LogP contribution in [0.2, 0.25) is 0 Å². The van der Waals surface area contributed by atoms with Gasteiger partial charge in [-0.3, -0.25) is 14.4 Å². The summed E-state index contributed by atoms with van der Waals surface area (Å²) in [5.74, 6) is -2.97. The number of ether oxygens (including phenoxy) is 6. The number of hydrogen-bond acceptors (Lipinski definition) is 12. The maximum Gasteiger partial charge on any atom is 0.288 e. The van der Waals surface area contributed by atoms with Crippen LogP contribution in [0.15, 0.2) is 4.99 Å². The van der Waals surface area contributed by atoms with Crippen LogP contribution in [0.4, 0.5) is 0 Å². The van der Waals surface area contributed by atoms with E-state index in [0.29, 0.717) is 44.8 Å². The third kappa shape index (κ3) is 10.3. The summed E-state index contributed by atoms with van der Waals surface area (Å²) in [6.45, 7) is 21.5. The van der Waals surface area contributed by atoms with Gasteiger partial charge >= 0.3 is 0 Å². The van der Waals surface area contributed by atoms with E-state index in [9.17, 15) is 24.6 Å². The topological polar surface area (TPSA) is 181 Å². The standard InChI is InChI=1S/C44H77N5O11/c1-15-25(5)33-40(53)49-18-16-17-30(49)39(52)47(12)22-24(4)20-43(10,54)37(60-41-35-31(19-26(6)56-41)48(13)42(59-35)45-23(2)3)27(7)34(28(8)38(51)46-33)58-32-21-44(11,55-14)36(50)29(9)57-32/h23-37,41,50,54H,15-22H2,1-14H3,(H,46,51)/t24-,25+,26-,27+,28-,29+,30+,31+,32+,33-,34+,35-,36+,37-,41+,43-,44-/m1/s1. The van der Waals surface area contributed by atoms with Gasteiger partial charge in [0, 0.05) is 52.7 Å². The summed E-state index contributed by atoms with van der Waals surface area (Å²) in [7, 11) is 5.23. The second-order valence-corrected chi connectivity index (χ2v) is 19.5. The van der Waals surface area contributed by atoms with Gasteiger partial charge in [-0.05, 0) is 79.1 Å². The second-order valence-electron chi connectivity index (χ2n) is 19.5. The van der Waals surface area contributed by atoms with E-state index in [1.54, 1.807) is 44.5 Å². The summed E-state index contributed by atoms with van der Waals surface area (Å²) in [5.41, 5.74) is -2.58. The van der Waals surface area contributed by atoms with E-state index in [1.165, 1.54) is 7.11 Å². The molecule has 5 rings (SSSR count). The molecular formula is C44H77N5O11. The average molecular weight is 852 g/mol. The first kappa shape index (κ1) is 48.4. The quantitative estimate of drug-likeness (QED) is 0.325. The molecule has 0 unspecified atom stereocenters. The number of likely N-dealkylation sites (N-methyl/N-ethyl adjacent to an activating group) is 2. The highest BCUT2D eigenvalue weighted by atomic mass is 16.7. The third-order valence-corrected chi connectivity index (χ3v) is 13.9. The Kier molecular flexibility index (Phi) is 15.7. The van der Waals surface area contributed by atoms with Gasteiger partial charge in [-0.15, -0.1) is 0 Å². The zero-order valence-corrected chi connectivity index (χ0v) is 38.8. The molecule has 5 saturated heterocycles. The fourth-order valence-electron chi connectivity index (χ4n) is 10.2. The van der Waals surface area contributed by atoms with Crippen LogP contribution in [0.1, 0.15) is 115 Å². The molecule has 0 aromatic carbocycles. The van der Waals surface area contributed by atoms with Crippen LogP contribution >= 0.6 is 0 Å². The first-order valence-electron chi connectivity index (χ1n) is 22.4. The average Bonchev–Trinajstić information content (AvgIpc) is 3.79. The van der Waals surface area contributed by atoms with Gasteiger partial charge in [-0.25, -0.2) is 4.99 Å². The summed E-state index contributed by atoms with van der Waals surface area (Å²) in [6, 6.07) is -1.18. The molecule has 0 saturated carbocycles. The largest absolute Gasteiger partial charge is 0.454 e. The smallest absolute Gasteiger partial charge is 0.288 e. The molecule has 16 heteroatoms. The van der Waals surface area contributed by atoms with Crippen molar-refractivity contribution in [2.24, 2.45) is 28.7 Å². The number of methoxy groups -OCH3 is 1. The zero-order chi connectivity index (χ0) is 44.6. The summed E-state index contributed by atoms with van der Waals surface area (Å²) >= 11 is 0. The lowest BCUT2D eigenvalue weighted by Crippen LogP contribution is -2.61. The summed E-state index contributed by atoms with van der Waals surface area (Å²) in [6.07, 6.45) is -3.39. The number of hydrogen-bond donors (Lipinski definition) is 3. The predicted octanol–water partition coefficient (Wildman–Crippen LogP) is 3.30. The molecule has 0 aromatic rings. The highest BCUT2D eigenvalue weighted by Crippen LogP contribution is 2.41. The molecule has 5 aliphatic rings. The Balaban J connectivity index is 1.61. The maximum absolute atomic E-state index is 14.7. The molecular weight excluding hydrogens is 775 g/mol. The van der Waals surface area contributed by atoms with Crippen LogP contribution in [-0.4, -0.2) is 168 Å². The van der Waals surface area contributed by atoms with Gasteiger partial charge < -0.3 is 58.7 Å². The lowest BCUT2D eigenvalue weighted by atomic mass is 9.77. The molecule has 60 heavy (non-hydrogen) atoms. The molecule has 0 aliphatic carbocycles. The highest BCUT2D eigenvalue weighted by Gasteiger charge is 2.54. The van der Waals surface area contributed by atoms with Crippen molar-refractivity contribution < 1.29 is 53.0 Å². The second kappa shape index (κ2) is 19.4. The molecule has 5 heterocycles. The number of aliphatic hydroxyl groups is 2. The van der Waals surface area contributed by atoms with Crippen molar-refractivity contribution in [3.63, 3.8) is 0 Å². The van der Waals surface area contributed by atoms with E-state index in [4.69, 9.17) is 33.4 Å². The SMILES string of the molecule is CC[C@H](C)[C@H]1NC(=O)[C@H](C)[C@@H](O[C@H]2C[C@@](C)(OC)[C@@H](O)[C@H](C)O2)[C@H](C)[C@@H](O[C@@H]2O[C@H](C)C[C@H]3[C@H]2OC(=NC(C)C)N3C)[C@](C)(O)C[C@@H](C)CN(C)C(=O)[C@@H]2CCCN2C1=O. The van der Waals surface area contributed by atoms with Gasteiger partial charge in [0.1, 0.15) is 18.2 Å². The van der Waals surface area contributed by atoms with Crippen LogP contribution in [0.3, 0.4) is 0 Å². The van der Waals surface area contributed by atoms with Crippen molar-refractivity contribution in [2.45, 2.75) is 199 Å². The van der Waals surface area contributed by atoms with Gasteiger partial charge in [0.25, 0.3) is 6.02 Å². The number of nitrogens with zero attached hydrogens (tertiary/aromatic N) is 4. The lowest BCUT2D eigenvalue weighted by Gasteiger charge is -2.48. The Morgan fingerprint density at radius 3 is 2.32 bits per heavy atom. The van der Waals surface area contributed by atoms with Crippen LogP contribution in [0, 0.1) is 23.7 Å². The number of nitrogens with one attached hydrogen (secondary N) is 1. The van der Waals surface area contributed by atoms with Gasteiger partial charge in [0.05, 0.1) is 47.6 Å². The van der Waals surface area contributed by atoms with Gasteiger partial charge in [0.2, 0.25) is 17.7 Å². The van der Waals surface area contributed by atoms with Crippen molar-refractivity contribution in [2.75, 3.05) is 34.3 Å². The minimum Gasteiger partial charge on any atom is -0.454 e. The van der Waals surface area contributed by atoms with Gasteiger partial charge in [-0.1, -0.05) is 41.0 Å². The molecule has 344 valence electrons. The summed E-state index contributed by atoms with van der Waals surface area (Å²) in [4.78, 5) is 53.3. The van der Waals surface area contributed by atoms with E-state index in [0.717, 1.165) is 0 Å². The van der Waals surface area contributed by atoms with Gasteiger partial charge in [0.15, 0.2) is 18.7 Å². The summed E-state index contributed by atoms with van der Waals surface area (Å²) < 4.78 is 39.1. The maximum atomic E-state index is 14.7. The molecule has 17 atom stereocenters. The number of amides is 3. The first-order chi connectivity index (χ1) is 28.0. The van der Waals surface area contributed by atoms with Gasteiger partial charge in [-0.2, -0.15) is 0 Å². The van der Waals surface area contributed by atoms with Crippen molar-refractivity contribution in [3.05, 3.63) is 0 Å². The van der Waals surface area contributed by atoms with E-state index < -0.39 is 84.1 Å². The zero-order valence-electron chi connectivity index (χ0n) is 38.8. The Hall–Kier alpha value is -2.60. The molecule has 0 radical (unpaired) electrons. The van der Waals surface area contributed by atoms with Crippen molar-refractivity contribution in [3.8, 4) is 0 Å². The highest BCUT2D eigenvalue weighted by molar-refractivity contribution is 5.93. The van der Waals surface area contributed by atoms with Crippen LogP contribution < -0.4 is 5.32 Å². The first-order valence-corrected chi connectivity index (χ1v) is 22.4. The molecule has 16 nitrogen and oxygen atoms in total. The van der Waals surface area contributed by atoms with Crippen LogP contribution in [0.5, 0.6) is 0 Å².